The molecule has 6 heteroatoms. The number of carbonyl (C=O) groups is 1. The van der Waals surface area contributed by atoms with E-state index in [4.69, 9.17) is 5.73 Å². The maximum Gasteiger partial charge on any atom is 0.247 e. The van der Waals surface area contributed by atoms with Crippen molar-refractivity contribution in [3.8, 4) is 0 Å². The first-order valence-corrected chi connectivity index (χ1v) is 6.91. The van der Waals surface area contributed by atoms with Crippen LogP contribution in [0.5, 0.6) is 0 Å². The third-order valence-corrected chi connectivity index (χ3v) is 3.67. The number of benzene rings is 2. The van der Waals surface area contributed by atoms with Gasteiger partial charge in [0.05, 0.1) is 0 Å². The Morgan fingerprint density at radius 1 is 1.24 bits per heavy atom. The van der Waals surface area contributed by atoms with Crippen LogP contribution in [0.15, 0.2) is 46.9 Å². The van der Waals surface area contributed by atoms with E-state index >= 15 is 0 Å². The number of rotatable bonds is 4. The fourth-order valence-electron chi connectivity index (χ4n) is 2.00. The molecule has 1 unspecified atom stereocenters. The molecule has 0 radical (unpaired) electrons. The van der Waals surface area contributed by atoms with Crippen molar-refractivity contribution in [3.05, 3.63) is 64.1 Å². The van der Waals surface area contributed by atoms with Crippen molar-refractivity contribution in [2.24, 2.45) is 5.73 Å². The molecule has 0 aliphatic rings. The number of nitrogens with two attached hydrogens (primary N) is 1. The fraction of sp³-hybridized carbons (Fsp3) is 0.133. The van der Waals surface area contributed by atoms with Crippen molar-refractivity contribution in [2.45, 2.75) is 12.5 Å². The van der Waals surface area contributed by atoms with Crippen molar-refractivity contribution in [1.82, 2.24) is 0 Å². The Balaban J connectivity index is 2.50. The third kappa shape index (κ3) is 3.21. The van der Waals surface area contributed by atoms with E-state index in [1.165, 1.54) is 6.92 Å². The summed E-state index contributed by atoms with van der Waals surface area (Å²) in [5, 5.41) is 2.87. The van der Waals surface area contributed by atoms with Crippen LogP contribution in [-0.4, -0.2) is 5.91 Å². The quantitative estimate of drug-likeness (QED) is 0.882. The Hall–Kier alpha value is -1.95. The minimum atomic E-state index is -1.58. The lowest BCUT2D eigenvalue weighted by Crippen LogP contribution is -2.45. The monoisotopic (exact) mass is 354 g/mol. The highest BCUT2D eigenvalue weighted by atomic mass is 79.9. The van der Waals surface area contributed by atoms with Gasteiger partial charge in [-0.1, -0.05) is 22.0 Å². The summed E-state index contributed by atoms with van der Waals surface area (Å²) in [6.07, 6.45) is 0. The lowest BCUT2D eigenvalue weighted by atomic mass is 9.90. The summed E-state index contributed by atoms with van der Waals surface area (Å²) in [6.45, 7) is 1.41. The molecule has 0 bridgehead atoms. The minimum Gasteiger partial charge on any atom is -0.368 e. The van der Waals surface area contributed by atoms with Gasteiger partial charge in [-0.15, -0.1) is 0 Å². The summed E-state index contributed by atoms with van der Waals surface area (Å²) in [7, 11) is 0. The number of nitrogens with one attached hydrogen (secondary N) is 1. The summed E-state index contributed by atoms with van der Waals surface area (Å²) >= 11 is 3.30. The van der Waals surface area contributed by atoms with Crippen LogP contribution < -0.4 is 11.1 Å². The molecule has 0 spiro atoms. The van der Waals surface area contributed by atoms with Gasteiger partial charge in [-0.25, -0.2) is 8.78 Å². The molecule has 21 heavy (non-hydrogen) atoms. The van der Waals surface area contributed by atoms with Gasteiger partial charge in [0.15, 0.2) is 0 Å². The second-order valence-electron chi connectivity index (χ2n) is 4.75. The summed E-state index contributed by atoms with van der Waals surface area (Å²) in [6, 6.07) is 9.87. The Morgan fingerprint density at radius 3 is 2.57 bits per heavy atom. The lowest BCUT2D eigenvalue weighted by Gasteiger charge is -2.29. The molecule has 3 N–H and O–H groups in total. The molecule has 1 atom stereocenters. The van der Waals surface area contributed by atoms with Crippen LogP contribution in [0.25, 0.3) is 0 Å². The molecule has 2 aromatic carbocycles. The van der Waals surface area contributed by atoms with Crippen molar-refractivity contribution in [3.63, 3.8) is 0 Å². The van der Waals surface area contributed by atoms with Gasteiger partial charge >= 0.3 is 0 Å². The molecule has 2 aromatic rings. The highest BCUT2D eigenvalue weighted by molar-refractivity contribution is 9.10. The number of anilines is 1. The van der Waals surface area contributed by atoms with E-state index in [1.54, 1.807) is 24.3 Å². The molecule has 0 heterocycles. The van der Waals surface area contributed by atoms with E-state index in [0.29, 0.717) is 5.69 Å². The summed E-state index contributed by atoms with van der Waals surface area (Å²) in [5.74, 6) is -2.16. The molecular weight excluding hydrogens is 342 g/mol. The number of primary amides is 1. The second kappa shape index (κ2) is 5.81. The van der Waals surface area contributed by atoms with Crippen LogP contribution in [0.4, 0.5) is 14.5 Å². The van der Waals surface area contributed by atoms with E-state index in [0.717, 1.165) is 22.7 Å². The second-order valence-corrected chi connectivity index (χ2v) is 5.66. The Labute approximate surface area is 129 Å². The van der Waals surface area contributed by atoms with Gasteiger partial charge in [-0.3, -0.25) is 4.79 Å². The van der Waals surface area contributed by atoms with Gasteiger partial charge in [0, 0.05) is 15.7 Å². The maximum atomic E-state index is 14.0. The third-order valence-electron chi connectivity index (χ3n) is 3.18. The zero-order valence-corrected chi connectivity index (χ0v) is 12.7. The molecule has 0 aromatic heterocycles. The first-order valence-electron chi connectivity index (χ1n) is 6.12. The number of hydrogen-bond acceptors (Lipinski definition) is 2. The summed E-state index contributed by atoms with van der Waals surface area (Å²) in [4.78, 5) is 11.8. The van der Waals surface area contributed by atoms with Crippen molar-refractivity contribution in [2.75, 3.05) is 5.32 Å². The largest absolute Gasteiger partial charge is 0.368 e. The SMILES string of the molecule is CC(Nc1cccc(Br)c1)(C(N)=O)c1cc(F)ccc1F. The first kappa shape index (κ1) is 15.4. The zero-order chi connectivity index (χ0) is 15.6. The molecule has 0 aliphatic heterocycles. The molecule has 0 aliphatic carbocycles. The van der Waals surface area contributed by atoms with E-state index in [9.17, 15) is 13.6 Å². The number of hydrogen-bond donors (Lipinski definition) is 2. The molecule has 1 amide bonds. The van der Waals surface area contributed by atoms with Crippen LogP contribution in [0.3, 0.4) is 0 Å². The molecular formula is C15H13BrF2N2O. The minimum absolute atomic E-state index is 0.144. The number of amides is 1. The topological polar surface area (TPSA) is 55.1 Å². The first-order chi connectivity index (χ1) is 9.83. The Bertz CT molecular complexity index is 693. The molecule has 0 saturated heterocycles. The number of carbonyl (C=O) groups excluding carboxylic acids is 1. The molecule has 110 valence electrons. The average Bonchev–Trinajstić information content (AvgIpc) is 2.41. The van der Waals surface area contributed by atoms with Crippen LogP contribution in [0, 0.1) is 11.6 Å². The summed E-state index contributed by atoms with van der Waals surface area (Å²) < 4.78 is 28.2. The lowest BCUT2D eigenvalue weighted by molar-refractivity contribution is -0.122. The maximum absolute atomic E-state index is 14.0. The molecule has 0 saturated carbocycles. The van der Waals surface area contributed by atoms with Gasteiger partial charge < -0.3 is 11.1 Å². The van der Waals surface area contributed by atoms with E-state index in [-0.39, 0.29) is 5.56 Å². The normalized spacial score (nSPS) is 13.5. The van der Waals surface area contributed by atoms with Gasteiger partial charge in [-0.05, 0) is 43.3 Å². The zero-order valence-electron chi connectivity index (χ0n) is 11.2. The average molecular weight is 355 g/mol. The van der Waals surface area contributed by atoms with Gasteiger partial charge in [0.25, 0.3) is 0 Å². The standard InChI is InChI=1S/C15H13BrF2N2O/c1-15(14(19)21,12-8-10(17)5-6-13(12)18)20-11-4-2-3-9(16)7-11/h2-8,20H,1H3,(H2,19,21). The van der Waals surface area contributed by atoms with Crippen LogP contribution in [0.2, 0.25) is 0 Å². The van der Waals surface area contributed by atoms with E-state index in [1.807, 2.05) is 0 Å². The van der Waals surface area contributed by atoms with Crippen molar-refractivity contribution in [1.29, 1.82) is 0 Å². The van der Waals surface area contributed by atoms with Gasteiger partial charge in [0.2, 0.25) is 5.91 Å². The highest BCUT2D eigenvalue weighted by Crippen LogP contribution is 2.29. The fourth-order valence-corrected chi connectivity index (χ4v) is 2.40. The van der Waals surface area contributed by atoms with Crippen LogP contribution in [0.1, 0.15) is 12.5 Å². The van der Waals surface area contributed by atoms with Crippen LogP contribution in [-0.2, 0) is 10.3 Å². The smallest absolute Gasteiger partial charge is 0.247 e. The van der Waals surface area contributed by atoms with E-state index < -0.39 is 23.1 Å². The summed E-state index contributed by atoms with van der Waals surface area (Å²) in [5.41, 5.74) is 4.24. The van der Waals surface area contributed by atoms with Crippen molar-refractivity contribution >= 4 is 27.5 Å². The molecule has 2 rings (SSSR count). The van der Waals surface area contributed by atoms with E-state index in [2.05, 4.69) is 21.2 Å². The van der Waals surface area contributed by atoms with Gasteiger partial charge in [0.1, 0.15) is 17.2 Å². The van der Waals surface area contributed by atoms with Gasteiger partial charge in [-0.2, -0.15) is 0 Å². The number of halogens is 3. The Kier molecular flexibility index (Phi) is 4.27. The predicted octanol–water partition coefficient (Wildman–Crippen LogP) is 3.54. The molecule has 3 nitrogen and oxygen atoms in total. The van der Waals surface area contributed by atoms with Crippen LogP contribution >= 0.6 is 15.9 Å². The van der Waals surface area contributed by atoms with Crippen molar-refractivity contribution < 1.29 is 13.6 Å². The Morgan fingerprint density at radius 2 is 1.95 bits per heavy atom. The highest BCUT2D eigenvalue weighted by Gasteiger charge is 2.36. The predicted molar refractivity (Wildman–Crippen MR) is 80.7 cm³/mol. The molecule has 0 fully saturated rings.